The molecule has 0 unspecified atom stereocenters. The van der Waals surface area contributed by atoms with Gasteiger partial charge < -0.3 is 10.1 Å². The molecule has 0 amide bonds. The molecule has 1 aromatic heterocycles. The lowest BCUT2D eigenvalue weighted by molar-refractivity contribution is 0.300. The molecule has 3 heteroatoms. The zero-order valence-electron chi connectivity index (χ0n) is 10.2. The maximum absolute atomic E-state index is 5.70. The Balaban J connectivity index is 1.70. The summed E-state index contributed by atoms with van der Waals surface area (Å²) in [7, 11) is 0. The Bertz CT molecular complexity index is 525. The highest BCUT2D eigenvalue weighted by atomic mass is 16.5. The van der Waals surface area contributed by atoms with Gasteiger partial charge in [0.05, 0.1) is 11.4 Å². The molecule has 1 aromatic carbocycles. The molecule has 0 saturated carbocycles. The number of nitrogens with one attached hydrogen (secondary N) is 1. The fourth-order valence-corrected chi connectivity index (χ4v) is 2.14. The molecule has 1 N–H and O–H groups in total. The zero-order chi connectivity index (χ0) is 12.2. The van der Waals surface area contributed by atoms with Crippen molar-refractivity contribution in [2.75, 3.05) is 6.54 Å². The van der Waals surface area contributed by atoms with E-state index in [4.69, 9.17) is 4.74 Å². The number of aromatic nitrogens is 1. The standard InChI is InChI=1S/C15H16N2O/c1-2-4-14(5-3-1)18-11-13-7-6-12-8-9-16-10-15(12)17-13/h1-7,16H,8-11H2. The second-order valence-electron chi connectivity index (χ2n) is 4.44. The molecule has 0 aliphatic carbocycles. The van der Waals surface area contributed by atoms with Crippen molar-refractivity contribution >= 4 is 0 Å². The first-order valence-electron chi connectivity index (χ1n) is 6.28. The van der Waals surface area contributed by atoms with E-state index in [1.807, 2.05) is 30.3 Å². The summed E-state index contributed by atoms with van der Waals surface area (Å²) < 4.78 is 5.70. The molecule has 2 aromatic rings. The molecule has 92 valence electrons. The second kappa shape index (κ2) is 5.19. The second-order valence-corrected chi connectivity index (χ2v) is 4.44. The van der Waals surface area contributed by atoms with E-state index in [0.29, 0.717) is 6.61 Å². The molecule has 1 aliphatic rings. The van der Waals surface area contributed by atoms with Crippen molar-refractivity contribution in [1.82, 2.24) is 10.3 Å². The van der Waals surface area contributed by atoms with Crippen LogP contribution in [0.2, 0.25) is 0 Å². The molecular weight excluding hydrogens is 224 g/mol. The van der Waals surface area contributed by atoms with Crippen molar-refractivity contribution in [3.63, 3.8) is 0 Å². The van der Waals surface area contributed by atoms with E-state index in [9.17, 15) is 0 Å². The van der Waals surface area contributed by atoms with Crippen LogP contribution in [0.15, 0.2) is 42.5 Å². The van der Waals surface area contributed by atoms with Gasteiger partial charge in [-0.25, -0.2) is 0 Å². The lowest BCUT2D eigenvalue weighted by Gasteiger charge is -2.16. The molecule has 18 heavy (non-hydrogen) atoms. The van der Waals surface area contributed by atoms with Crippen LogP contribution in [0, 0.1) is 0 Å². The van der Waals surface area contributed by atoms with Crippen LogP contribution >= 0.6 is 0 Å². The van der Waals surface area contributed by atoms with E-state index in [0.717, 1.165) is 36.6 Å². The predicted molar refractivity (Wildman–Crippen MR) is 70.4 cm³/mol. The number of benzene rings is 1. The number of pyridine rings is 1. The molecule has 0 bridgehead atoms. The Morgan fingerprint density at radius 3 is 2.89 bits per heavy atom. The van der Waals surface area contributed by atoms with Gasteiger partial charge in [0.25, 0.3) is 0 Å². The predicted octanol–water partition coefficient (Wildman–Crippen LogP) is 2.31. The van der Waals surface area contributed by atoms with Crippen LogP contribution in [0.25, 0.3) is 0 Å². The first-order chi connectivity index (χ1) is 8.92. The summed E-state index contributed by atoms with van der Waals surface area (Å²) in [5.74, 6) is 0.884. The first kappa shape index (κ1) is 11.2. The van der Waals surface area contributed by atoms with Gasteiger partial charge in [-0.15, -0.1) is 0 Å². The number of nitrogens with zero attached hydrogens (tertiary/aromatic N) is 1. The summed E-state index contributed by atoms with van der Waals surface area (Å²) in [4.78, 5) is 4.64. The molecule has 3 rings (SSSR count). The number of para-hydroxylation sites is 1. The van der Waals surface area contributed by atoms with Crippen molar-refractivity contribution in [2.45, 2.75) is 19.6 Å². The van der Waals surface area contributed by atoms with Gasteiger partial charge in [-0.05, 0) is 36.7 Å². The Labute approximate surface area is 107 Å². The van der Waals surface area contributed by atoms with E-state index in [1.165, 1.54) is 5.56 Å². The van der Waals surface area contributed by atoms with Crippen LogP contribution in [-0.4, -0.2) is 11.5 Å². The summed E-state index contributed by atoms with van der Waals surface area (Å²) in [5.41, 5.74) is 3.51. The average Bonchev–Trinajstić information content (AvgIpc) is 2.46. The van der Waals surface area contributed by atoms with Crippen LogP contribution in [0.1, 0.15) is 17.0 Å². The Morgan fingerprint density at radius 2 is 2.00 bits per heavy atom. The lowest BCUT2D eigenvalue weighted by Crippen LogP contribution is -2.25. The van der Waals surface area contributed by atoms with Gasteiger partial charge in [0.2, 0.25) is 0 Å². The van der Waals surface area contributed by atoms with Gasteiger partial charge in [0.15, 0.2) is 0 Å². The normalized spacial score (nSPS) is 14.0. The summed E-state index contributed by atoms with van der Waals surface area (Å²) >= 11 is 0. The van der Waals surface area contributed by atoms with Crippen molar-refractivity contribution in [2.24, 2.45) is 0 Å². The van der Waals surface area contributed by atoms with Crippen LogP contribution in [0.4, 0.5) is 0 Å². The van der Waals surface area contributed by atoms with Crippen LogP contribution in [0.3, 0.4) is 0 Å². The van der Waals surface area contributed by atoms with E-state index in [2.05, 4.69) is 22.4 Å². The van der Waals surface area contributed by atoms with Crippen molar-refractivity contribution in [3.8, 4) is 5.75 Å². The highest BCUT2D eigenvalue weighted by Crippen LogP contribution is 2.14. The van der Waals surface area contributed by atoms with E-state index < -0.39 is 0 Å². The molecule has 0 atom stereocenters. The highest BCUT2D eigenvalue weighted by Gasteiger charge is 2.10. The monoisotopic (exact) mass is 240 g/mol. The van der Waals surface area contributed by atoms with Gasteiger partial charge in [0, 0.05) is 6.54 Å². The minimum atomic E-state index is 0.525. The molecule has 0 fully saturated rings. The molecule has 0 radical (unpaired) electrons. The number of hydrogen-bond acceptors (Lipinski definition) is 3. The quantitative estimate of drug-likeness (QED) is 0.894. The minimum absolute atomic E-state index is 0.525. The van der Waals surface area contributed by atoms with Crippen molar-refractivity contribution in [3.05, 3.63) is 59.4 Å². The third-order valence-electron chi connectivity index (χ3n) is 3.12. The number of ether oxygens (including phenoxy) is 1. The molecule has 0 saturated heterocycles. The lowest BCUT2D eigenvalue weighted by atomic mass is 10.1. The largest absolute Gasteiger partial charge is 0.487 e. The van der Waals surface area contributed by atoms with Gasteiger partial charge >= 0.3 is 0 Å². The molecular formula is C15H16N2O. The Hall–Kier alpha value is -1.87. The summed E-state index contributed by atoms with van der Waals surface area (Å²) in [6.45, 7) is 2.44. The third-order valence-corrected chi connectivity index (χ3v) is 3.12. The molecule has 3 nitrogen and oxygen atoms in total. The van der Waals surface area contributed by atoms with Crippen molar-refractivity contribution in [1.29, 1.82) is 0 Å². The maximum Gasteiger partial charge on any atom is 0.130 e. The fourth-order valence-electron chi connectivity index (χ4n) is 2.14. The third kappa shape index (κ3) is 2.51. The number of fused-ring (bicyclic) bond motifs is 1. The van der Waals surface area contributed by atoms with Crippen LogP contribution in [0.5, 0.6) is 5.75 Å². The van der Waals surface area contributed by atoms with Gasteiger partial charge in [0.1, 0.15) is 12.4 Å². The number of rotatable bonds is 3. The number of hydrogen-bond donors (Lipinski definition) is 1. The Kier molecular flexibility index (Phi) is 3.24. The molecule has 2 heterocycles. The van der Waals surface area contributed by atoms with Crippen LogP contribution in [-0.2, 0) is 19.6 Å². The highest BCUT2D eigenvalue weighted by molar-refractivity contribution is 5.26. The van der Waals surface area contributed by atoms with Gasteiger partial charge in [-0.2, -0.15) is 0 Å². The maximum atomic E-state index is 5.70. The first-order valence-corrected chi connectivity index (χ1v) is 6.28. The van der Waals surface area contributed by atoms with Crippen LogP contribution < -0.4 is 10.1 Å². The van der Waals surface area contributed by atoms with Gasteiger partial charge in [-0.1, -0.05) is 24.3 Å². The Morgan fingerprint density at radius 1 is 1.11 bits per heavy atom. The van der Waals surface area contributed by atoms with Gasteiger partial charge in [-0.3, -0.25) is 4.98 Å². The smallest absolute Gasteiger partial charge is 0.130 e. The fraction of sp³-hybridized carbons (Fsp3) is 0.267. The summed E-state index contributed by atoms with van der Waals surface area (Å²) in [5, 5.41) is 3.34. The zero-order valence-corrected chi connectivity index (χ0v) is 10.2. The van der Waals surface area contributed by atoms with E-state index >= 15 is 0 Å². The molecule has 0 spiro atoms. The van der Waals surface area contributed by atoms with E-state index in [-0.39, 0.29) is 0 Å². The summed E-state index contributed by atoms with van der Waals surface area (Å²) in [6.07, 6.45) is 1.07. The average molecular weight is 240 g/mol. The topological polar surface area (TPSA) is 34.1 Å². The molecule has 1 aliphatic heterocycles. The minimum Gasteiger partial charge on any atom is -0.487 e. The van der Waals surface area contributed by atoms with E-state index in [1.54, 1.807) is 0 Å². The SMILES string of the molecule is c1ccc(OCc2ccc3c(n2)CNCC3)cc1. The summed E-state index contributed by atoms with van der Waals surface area (Å²) in [6, 6.07) is 14.1. The van der Waals surface area contributed by atoms with Crippen molar-refractivity contribution < 1.29 is 4.74 Å².